The molecule has 2 aliphatic rings. The second kappa shape index (κ2) is 8.06. The number of amides is 1. The van der Waals surface area contributed by atoms with Crippen LogP contribution in [0.3, 0.4) is 0 Å². The first kappa shape index (κ1) is 20.2. The SMILES string of the molecule is Cc1cn2nc([C@@H]3CCCCN3C(=O)c3ccccc3F)cc2nc1C1CC[C@H](C)C1. The third-order valence-electron chi connectivity index (χ3n) is 6.98. The molecule has 1 aliphatic heterocycles. The van der Waals surface area contributed by atoms with Crippen LogP contribution in [-0.2, 0) is 0 Å². The zero-order valence-corrected chi connectivity index (χ0v) is 18.2. The Morgan fingerprint density at radius 1 is 1.16 bits per heavy atom. The Kier molecular flexibility index (Phi) is 5.24. The van der Waals surface area contributed by atoms with Crippen molar-refractivity contribution < 1.29 is 9.18 Å². The number of carbonyl (C=O) groups excluding carboxylic acids is 1. The van der Waals surface area contributed by atoms with Gasteiger partial charge in [-0.3, -0.25) is 4.79 Å². The number of benzene rings is 1. The maximum absolute atomic E-state index is 14.3. The van der Waals surface area contributed by atoms with Crippen molar-refractivity contribution >= 4 is 11.6 Å². The van der Waals surface area contributed by atoms with E-state index in [1.807, 2.05) is 10.6 Å². The minimum Gasteiger partial charge on any atom is -0.330 e. The smallest absolute Gasteiger partial charge is 0.257 e. The van der Waals surface area contributed by atoms with Gasteiger partial charge in [0.2, 0.25) is 0 Å². The van der Waals surface area contributed by atoms with Gasteiger partial charge in [-0.25, -0.2) is 13.9 Å². The Morgan fingerprint density at radius 3 is 2.77 bits per heavy atom. The molecule has 1 saturated carbocycles. The van der Waals surface area contributed by atoms with Gasteiger partial charge < -0.3 is 4.90 Å². The second-order valence-electron chi connectivity index (χ2n) is 9.29. The summed E-state index contributed by atoms with van der Waals surface area (Å²) in [7, 11) is 0. The van der Waals surface area contributed by atoms with Crippen molar-refractivity contribution in [1.82, 2.24) is 19.5 Å². The molecule has 6 heteroatoms. The Morgan fingerprint density at radius 2 is 2.00 bits per heavy atom. The average Bonchev–Trinajstić information content (AvgIpc) is 3.38. The van der Waals surface area contributed by atoms with Crippen LogP contribution in [0.15, 0.2) is 36.5 Å². The molecular formula is C25H29FN4O. The van der Waals surface area contributed by atoms with Gasteiger partial charge in [-0.1, -0.05) is 25.5 Å². The summed E-state index contributed by atoms with van der Waals surface area (Å²) in [5, 5.41) is 4.80. The fourth-order valence-corrected chi connectivity index (χ4v) is 5.35. The van der Waals surface area contributed by atoms with Crippen LogP contribution >= 0.6 is 0 Å². The van der Waals surface area contributed by atoms with E-state index in [1.54, 1.807) is 23.1 Å². The van der Waals surface area contributed by atoms with Crippen molar-refractivity contribution in [2.75, 3.05) is 6.54 Å². The van der Waals surface area contributed by atoms with Gasteiger partial charge in [-0.15, -0.1) is 0 Å². The molecule has 31 heavy (non-hydrogen) atoms. The summed E-state index contributed by atoms with van der Waals surface area (Å²) in [5.41, 5.74) is 4.16. The summed E-state index contributed by atoms with van der Waals surface area (Å²) in [5.74, 6) is 0.541. The average molecular weight is 421 g/mol. The number of piperidine rings is 1. The van der Waals surface area contributed by atoms with E-state index in [1.165, 1.54) is 36.6 Å². The number of nitrogens with zero attached hydrogens (tertiary/aromatic N) is 4. The number of hydrogen-bond acceptors (Lipinski definition) is 3. The molecule has 0 bridgehead atoms. The van der Waals surface area contributed by atoms with Crippen molar-refractivity contribution in [2.24, 2.45) is 5.92 Å². The van der Waals surface area contributed by atoms with Gasteiger partial charge in [0.15, 0.2) is 5.65 Å². The molecule has 3 atom stereocenters. The molecule has 1 aromatic carbocycles. The van der Waals surface area contributed by atoms with Crippen molar-refractivity contribution in [1.29, 1.82) is 0 Å². The van der Waals surface area contributed by atoms with Crippen LogP contribution in [0.1, 0.15) is 84.7 Å². The summed E-state index contributed by atoms with van der Waals surface area (Å²) >= 11 is 0. The lowest BCUT2D eigenvalue weighted by Gasteiger charge is -2.34. The molecule has 0 spiro atoms. The molecule has 3 heterocycles. The Balaban J connectivity index is 1.48. The Bertz CT molecular complexity index is 1120. The molecule has 1 amide bonds. The maximum Gasteiger partial charge on any atom is 0.257 e. The van der Waals surface area contributed by atoms with E-state index in [0.717, 1.165) is 36.5 Å². The van der Waals surface area contributed by atoms with E-state index in [2.05, 4.69) is 20.0 Å². The first-order valence-corrected chi connectivity index (χ1v) is 11.4. The molecule has 2 fully saturated rings. The highest BCUT2D eigenvalue weighted by Crippen LogP contribution is 2.39. The minimum atomic E-state index is -0.473. The first-order valence-electron chi connectivity index (χ1n) is 11.4. The lowest BCUT2D eigenvalue weighted by Crippen LogP contribution is -2.39. The van der Waals surface area contributed by atoms with E-state index in [9.17, 15) is 9.18 Å². The third-order valence-corrected chi connectivity index (χ3v) is 6.98. The van der Waals surface area contributed by atoms with Crippen molar-refractivity contribution in [2.45, 2.75) is 64.3 Å². The van der Waals surface area contributed by atoms with Crippen molar-refractivity contribution in [3.8, 4) is 0 Å². The van der Waals surface area contributed by atoms with Crippen LogP contribution in [0.4, 0.5) is 4.39 Å². The van der Waals surface area contributed by atoms with Gasteiger partial charge >= 0.3 is 0 Å². The highest BCUT2D eigenvalue weighted by molar-refractivity contribution is 5.94. The first-order chi connectivity index (χ1) is 15.0. The maximum atomic E-state index is 14.3. The number of aryl methyl sites for hydroxylation is 1. The topological polar surface area (TPSA) is 50.5 Å². The summed E-state index contributed by atoms with van der Waals surface area (Å²) in [6.07, 6.45) is 8.49. The molecule has 1 unspecified atom stereocenters. The lowest BCUT2D eigenvalue weighted by atomic mass is 9.98. The summed E-state index contributed by atoms with van der Waals surface area (Å²) in [6, 6.07) is 8.08. The van der Waals surface area contributed by atoms with Gasteiger partial charge in [0.25, 0.3) is 5.91 Å². The number of rotatable bonds is 3. The molecule has 162 valence electrons. The molecular weight excluding hydrogens is 391 g/mol. The van der Waals surface area contributed by atoms with Crippen molar-refractivity contribution in [3.63, 3.8) is 0 Å². The zero-order chi connectivity index (χ0) is 21.5. The second-order valence-corrected chi connectivity index (χ2v) is 9.29. The number of fused-ring (bicyclic) bond motifs is 1. The normalized spacial score (nSPS) is 24.1. The number of halogens is 1. The quantitative estimate of drug-likeness (QED) is 0.566. The Labute approximate surface area is 182 Å². The largest absolute Gasteiger partial charge is 0.330 e. The summed E-state index contributed by atoms with van der Waals surface area (Å²) in [4.78, 5) is 19.9. The highest BCUT2D eigenvalue weighted by Gasteiger charge is 2.32. The van der Waals surface area contributed by atoms with Gasteiger partial charge in [0, 0.05) is 24.7 Å². The minimum absolute atomic E-state index is 0.129. The van der Waals surface area contributed by atoms with Gasteiger partial charge in [-0.2, -0.15) is 5.10 Å². The Hall–Kier alpha value is -2.76. The highest BCUT2D eigenvalue weighted by atomic mass is 19.1. The lowest BCUT2D eigenvalue weighted by molar-refractivity contribution is 0.0601. The van der Waals surface area contributed by atoms with Crippen LogP contribution in [0.25, 0.3) is 5.65 Å². The van der Waals surface area contributed by atoms with E-state index < -0.39 is 5.82 Å². The number of hydrogen-bond donors (Lipinski definition) is 0. The predicted molar refractivity (Wildman–Crippen MR) is 118 cm³/mol. The van der Waals surface area contributed by atoms with Crippen LogP contribution in [0, 0.1) is 18.7 Å². The molecule has 0 N–H and O–H groups in total. The fourth-order valence-electron chi connectivity index (χ4n) is 5.35. The molecule has 2 aromatic heterocycles. The fraction of sp³-hybridized carbons (Fsp3) is 0.480. The molecule has 1 aliphatic carbocycles. The van der Waals surface area contributed by atoms with Crippen molar-refractivity contribution in [3.05, 3.63) is 64.9 Å². The predicted octanol–water partition coefficient (Wildman–Crippen LogP) is 5.45. The van der Waals surface area contributed by atoms with Crippen LogP contribution in [-0.4, -0.2) is 31.9 Å². The van der Waals surface area contributed by atoms with E-state index in [0.29, 0.717) is 12.5 Å². The monoisotopic (exact) mass is 420 g/mol. The van der Waals surface area contributed by atoms with Crippen LogP contribution in [0.2, 0.25) is 0 Å². The van der Waals surface area contributed by atoms with Crippen LogP contribution in [0.5, 0.6) is 0 Å². The summed E-state index contributed by atoms with van der Waals surface area (Å²) < 4.78 is 16.1. The molecule has 5 nitrogen and oxygen atoms in total. The zero-order valence-electron chi connectivity index (χ0n) is 18.2. The number of likely N-dealkylation sites (tertiary alicyclic amines) is 1. The van der Waals surface area contributed by atoms with Gasteiger partial charge in [0.05, 0.1) is 23.0 Å². The van der Waals surface area contributed by atoms with Crippen LogP contribution < -0.4 is 0 Å². The van der Waals surface area contributed by atoms with Gasteiger partial charge in [-0.05, 0) is 62.6 Å². The van der Waals surface area contributed by atoms with E-state index in [4.69, 9.17) is 10.1 Å². The molecule has 1 saturated heterocycles. The number of carbonyl (C=O) groups is 1. The molecule has 3 aromatic rings. The standard InChI is InChI=1S/C25H29FN4O/c1-16-10-11-18(13-16)24-17(2)15-30-23(27-24)14-21(28-30)22-9-5-6-12-29(22)25(31)19-7-3-4-8-20(19)26/h3-4,7-8,14-16,18,22H,5-6,9-13H2,1-2H3/t16-,18?,22-/m0/s1. The van der Waals surface area contributed by atoms with E-state index in [-0.39, 0.29) is 17.5 Å². The third kappa shape index (κ3) is 3.73. The number of aromatic nitrogens is 3. The van der Waals surface area contributed by atoms with E-state index >= 15 is 0 Å². The molecule has 0 radical (unpaired) electrons. The van der Waals surface area contributed by atoms with Gasteiger partial charge in [0.1, 0.15) is 5.82 Å². The molecule has 5 rings (SSSR count). The summed E-state index contributed by atoms with van der Waals surface area (Å²) in [6.45, 7) is 5.04.